The van der Waals surface area contributed by atoms with Gasteiger partial charge in [-0.1, -0.05) is 19.9 Å². The Morgan fingerprint density at radius 1 is 1.16 bits per heavy atom. The number of phenols is 1. The van der Waals surface area contributed by atoms with E-state index in [1.807, 2.05) is 6.07 Å². The predicted octanol–water partition coefficient (Wildman–Crippen LogP) is 2.29. The Morgan fingerprint density at radius 2 is 1.87 bits per heavy atom. The number of hydrogen-bond donors (Lipinski definition) is 3. The fourth-order valence-electron chi connectivity index (χ4n) is 4.38. The third kappa shape index (κ3) is 3.50. The zero-order valence-electron chi connectivity index (χ0n) is 18.1. The standard InChI is InChI=1S/C23H27N3O5/c1-23(2)10-8-15-12(9-11-31-15)21(23)25-17-16(19(28)20(17)29)24-14-7-5-6-13(18(14)27)22(30)26(3)4/h5-7,9,11,16-17,21,24-25,27H,8,10H2,1-4H3/t16?,17?,21-/m1/s1. The Hall–Kier alpha value is -3.13. The minimum absolute atomic E-state index is 0.120. The molecule has 1 amide bonds. The van der Waals surface area contributed by atoms with E-state index in [-0.39, 0.29) is 34.4 Å². The van der Waals surface area contributed by atoms with Crippen LogP contribution in [0, 0.1) is 5.41 Å². The van der Waals surface area contributed by atoms with Crippen LogP contribution in [0.2, 0.25) is 0 Å². The van der Waals surface area contributed by atoms with E-state index in [9.17, 15) is 19.5 Å². The monoisotopic (exact) mass is 425 g/mol. The Morgan fingerprint density at radius 3 is 2.58 bits per heavy atom. The molecule has 0 aliphatic heterocycles. The van der Waals surface area contributed by atoms with Crippen molar-refractivity contribution < 1.29 is 23.9 Å². The molecule has 4 rings (SSSR count). The van der Waals surface area contributed by atoms with Crippen molar-refractivity contribution in [2.45, 2.75) is 44.8 Å². The third-order valence-electron chi connectivity index (χ3n) is 6.34. The summed E-state index contributed by atoms with van der Waals surface area (Å²) >= 11 is 0. The number of carbonyl (C=O) groups is 3. The van der Waals surface area contributed by atoms with Crippen LogP contribution in [0.5, 0.6) is 5.75 Å². The van der Waals surface area contributed by atoms with Crippen molar-refractivity contribution in [3.8, 4) is 5.75 Å². The first-order chi connectivity index (χ1) is 14.6. The van der Waals surface area contributed by atoms with Crippen molar-refractivity contribution in [2.24, 2.45) is 5.41 Å². The summed E-state index contributed by atoms with van der Waals surface area (Å²) in [5, 5.41) is 16.9. The van der Waals surface area contributed by atoms with Crippen molar-refractivity contribution in [2.75, 3.05) is 19.4 Å². The molecule has 1 heterocycles. The number of aryl methyl sites for hydroxylation is 1. The molecule has 0 bridgehead atoms. The highest BCUT2D eigenvalue weighted by Gasteiger charge is 2.52. The number of ketones is 2. The average molecular weight is 425 g/mol. The van der Waals surface area contributed by atoms with Gasteiger partial charge in [-0.2, -0.15) is 0 Å². The number of Topliss-reactive ketones (excluding diaryl/α,β-unsaturated/α-hetero) is 2. The van der Waals surface area contributed by atoms with Crippen LogP contribution < -0.4 is 10.6 Å². The molecule has 8 nitrogen and oxygen atoms in total. The van der Waals surface area contributed by atoms with Crippen molar-refractivity contribution >= 4 is 23.2 Å². The van der Waals surface area contributed by atoms with Gasteiger partial charge in [0.05, 0.1) is 17.5 Å². The smallest absolute Gasteiger partial charge is 0.257 e. The van der Waals surface area contributed by atoms with Gasteiger partial charge in [0.2, 0.25) is 11.6 Å². The van der Waals surface area contributed by atoms with E-state index in [2.05, 4.69) is 24.5 Å². The lowest BCUT2D eigenvalue weighted by Crippen LogP contribution is -2.68. The molecule has 8 heteroatoms. The van der Waals surface area contributed by atoms with Gasteiger partial charge < -0.3 is 19.7 Å². The van der Waals surface area contributed by atoms with Crippen molar-refractivity contribution in [3.05, 3.63) is 47.4 Å². The van der Waals surface area contributed by atoms with Gasteiger partial charge in [-0.3, -0.25) is 19.7 Å². The van der Waals surface area contributed by atoms with Gasteiger partial charge >= 0.3 is 0 Å². The van der Waals surface area contributed by atoms with Crippen LogP contribution in [-0.4, -0.2) is 53.7 Å². The molecule has 2 aliphatic rings. The number of hydrogen-bond acceptors (Lipinski definition) is 7. The maximum Gasteiger partial charge on any atom is 0.257 e. The van der Waals surface area contributed by atoms with Crippen LogP contribution in [0.15, 0.2) is 34.9 Å². The summed E-state index contributed by atoms with van der Waals surface area (Å²) in [6.45, 7) is 4.24. The lowest BCUT2D eigenvalue weighted by Gasteiger charge is -2.44. The Bertz CT molecular complexity index is 1060. The largest absolute Gasteiger partial charge is 0.505 e. The molecule has 0 saturated heterocycles. The molecular weight excluding hydrogens is 398 g/mol. The average Bonchev–Trinajstić information content (AvgIpc) is 3.20. The van der Waals surface area contributed by atoms with Gasteiger partial charge in [-0.05, 0) is 30.0 Å². The van der Waals surface area contributed by atoms with Crippen molar-refractivity contribution in [3.63, 3.8) is 0 Å². The number of nitrogens with zero attached hydrogens (tertiary/aromatic N) is 1. The minimum atomic E-state index is -0.837. The second-order valence-corrected chi connectivity index (χ2v) is 9.12. The summed E-state index contributed by atoms with van der Waals surface area (Å²) in [5.74, 6) is -0.760. The number of aromatic hydroxyl groups is 1. The van der Waals surface area contributed by atoms with Crippen LogP contribution in [0.3, 0.4) is 0 Å². The molecule has 0 radical (unpaired) electrons. The molecule has 2 aromatic rings. The van der Waals surface area contributed by atoms with Gasteiger partial charge in [-0.15, -0.1) is 0 Å². The first-order valence-corrected chi connectivity index (χ1v) is 10.3. The summed E-state index contributed by atoms with van der Waals surface area (Å²) in [6.07, 6.45) is 3.36. The second-order valence-electron chi connectivity index (χ2n) is 9.12. The van der Waals surface area contributed by atoms with E-state index in [1.54, 1.807) is 32.5 Å². The van der Waals surface area contributed by atoms with Gasteiger partial charge in [-0.25, -0.2) is 0 Å². The fraction of sp³-hybridized carbons (Fsp3) is 0.435. The molecular formula is C23H27N3O5. The first kappa shape index (κ1) is 21.1. The normalized spacial score (nSPS) is 24.3. The summed E-state index contributed by atoms with van der Waals surface area (Å²) in [4.78, 5) is 38.5. The molecule has 0 spiro atoms. The summed E-state index contributed by atoms with van der Waals surface area (Å²) < 4.78 is 5.58. The molecule has 1 aromatic heterocycles. The Balaban J connectivity index is 1.58. The first-order valence-electron chi connectivity index (χ1n) is 10.3. The molecule has 1 fully saturated rings. The number of nitrogens with one attached hydrogen (secondary N) is 2. The van der Waals surface area contributed by atoms with Crippen molar-refractivity contribution in [1.29, 1.82) is 0 Å². The van der Waals surface area contributed by atoms with E-state index in [0.29, 0.717) is 0 Å². The molecule has 1 aromatic carbocycles. The lowest BCUT2D eigenvalue weighted by atomic mass is 9.71. The Labute approximate surface area is 180 Å². The molecule has 1 saturated carbocycles. The molecule has 164 valence electrons. The van der Waals surface area contributed by atoms with E-state index in [1.165, 1.54) is 11.0 Å². The van der Waals surface area contributed by atoms with Crippen LogP contribution in [-0.2, 0) is 16.0 Å². The number of amides is 1. The summed E-state index contributed by atoms with van der Waals surface area (Å²) in [7, 11) is 3.18. The third-order valence-corrected chi connectivity index (χ3v) is 6.34. The van der Waals surface area contributed by atoms with Crippen LogP contribution in [0.25, 0.3) is 0 Å². The topological polar surface area (TPSA) is 112 Å². The van der Waals surface area contributed by atoms with Crippen LogP contribution in [0.4, 0.5) is 5.69 Å². The van der Waals surface area contributed by atoms with Gasteiger partial charge in [0, 0.05) is 32.1 Å². The zero-order chi connectivity index (χ0) is 22.5. The van der Waals surface area contributed by atoms with E-state index in [4.69, 9.17) is 4.42 Å². The number of phenolic OH excluding ortho intramolecular Hbond substituents is 1. The molecule has 2 unspecified atom stereocenters. The summed E-state index contributed by atoms with van der Waals surface area (Å²) in [5.41, 5.74) is 1.22. The number of rotatable bonds is 5. The number of benzene rings is 1. The molecule has 3 N–H and O–H groups in total. The van der Waals surface area contributed by atoms with E-state index in [0.717, 1.165) is 24.2 Å². The second kappa shape index (κ2) is 7.53. The SMILES string of the molecule is CN(C)C(=O)c1cccc(NC2C(=O)C(=O)C2N[C@@H]2c3ccoc3CCC2(C)C)c1O. The predicted molar refractivity (Wildman–Crippen MR) is 114 cm³/mol. The number of anilines is 1. The lowest BCUT2D eigenvalue weighted by molar-refractivity contribution is -0.146. The minimum Gasteiger partial charge on any atom is -0.505 e. The number of carbonyl (C=O) groups excluding carboxylic acids is 3. The maximum absolute atomic E-state index is 12.4. The molecule has 2 aliphatic carbocycles. The van der Waals surface area contributed by atoms with Crippen molar-refractivity contribution in [1.82, 2.24) is 10.2 Å². The highest BCUT2D eigenvalue weighted by atomic mass is 16.3. The fourth-order valence-corrected chi connectivity index (χ4v) is 4.38. The van der Waals surface area contributed by atoms with Crippen LogP contribution in [0.1, 0.15) is 48.0 Å². The zero-order valence-corrected chi connectivity index (χ0v) is 18.1. The maximum atomic E-state index is 12.4. The number of fused-ring (bicyclic) bond motifs is 1. The molecule has 3 atom stereocenters. The highest BCUT2D eigenvalue weighted by Crippen LogP contribution is 2.45. The number of furan rings is 1. The van der Waals surface area contributed by atoms with Gasteiger partial charge in [0.25, 0.3) is 5.91 Å². The highest BCUT2D eigenvalue weighted by molar-refractivity contribution is 6.49. The quantitative estimate of drug-likeness (QED) is 0.498. The van der Waals surface area contributed by atoms with Crippen LogP contribution >= 0.6 is 0 Å². The van der Waals surface area contributed by atoms with E-state index >= 15 is 0 Å². The van der Waals surface area contributed by atoms with Gasteiger partial charge in [0.15, 0.2) is 5.75 Å². The number of para-hydroxylation sites is 1. The summed E-state index contributed by atoms with van der Waals surface area (Å²) in [6, 6.07) is 4.88. The Kier molecular flexibility index (Phi) is 5.13. The van der Waals surface area contributed by atoms with Gasteiger partial charge in [0.1, 0.15) is 17.8 Å². The molecule has 31 heavy (non-hydrogen) atoms. The van der Waals surface area contributed by atoms with E-state index < -0.39 is 23.7 Å².